The smallest absolute Gasteiger partial charge is 0.0506 e. The highest BCUT2D eigenvalue weighted by Crippen LogP contribution is 2.13. The first kappa shape index (κ1) is 14.8. The first-order valence-electron chi connectivity index (χ1n) is 6.62. The fraction of sp³-hybridized carbons (Fsp3) is 0.500. The van der Waals surface area contributed by atoms with Gasteiger partial charge in [-0.2, -0.15) is 0 Å². The van der Waals surface area contributed by atoms with Crippen molar-refractivity contribution in [3.8, 4) is 0 Å². The molecule has 0 aliphatic heterocycles. The molecule has 0 saturated carbocycles. The summed E-state index contributed by atoms with van der Waals surface area (Å²) in [6.07, 6.45) is 0.971. The SMILES string of the molecule is C=C(NC)C(Cc1ccc(C)c(C)c1)NC(C)C. The van der Waals surface area contributed by atoms with E-state index in [0.717, 1.165) is 12.1 Å². The molecular formula is C16H26N2. The van der Waals surface area contributed by atoms with Crippen molar-refractivity contribution in [2.45, 2.75) is 46.2 Å². The lowest BCUT2D eigenvalue weighted by molar-refractivity contribution is 0.490. The van der Waals surface area contributed by atoms with E-state index in [4.69, 9.17) is 0 Å². The quantitative estimate of drug-likeness (QED) is 0.806. The maximum atomic E-state index is 4.09. The van der Waals surface area contributed by atoms with Gasteiger partial charge in [0.15, 0.2) is 0 Å². The Hall–Kier alpha value is -1.28. The van der Waals surface area contributed by atoms with Crippen molar-refractivity contribution < 1.29 is 0 Å². The van der Waals surface area contributed by atoms with Crippen LogP contribution in [-0.2, 0) is 6.42 Å². The van der Waals surface area contributed by atoms with Gasteiger partial charge in [0.25, 0.3) is 0 Å². The highest BCUT2D eigenvalue weighted by molar-refractivity contribution is 5.31. The first-order chi connectivity index (χ1) is 8.43. The molecule has 1 aromatic carbocycles. The zero-order chi connectivity index (χ0) is 13.7. The molecule has 0 heterocycles. The van der Waals surface area contributed by atoms with Crippen LogP contribution in [0, 0.1) is 13.8 Å². The number of hydrogen-bond donors (Lipinski definition) is 2. The number of likely N-dealkylation sites (N-methyl/N-ethyl adjacent to an activating group) is 1. The zero-order valence-electron chi connectivity index (χ0n) is 12.3. The molecule has 18 heavy (non-hydrogen) atoms. The van der Waals surface area contributed by atoms with E-state index in [1.807, 2.05) is 7.05 Å². The molecule has 1 unspecified atom stereocenters. The molecule has 1 atom stereocenters. The Morgan fingerprint density at radius 3 is 2.39 bits per heavy atom. The summed E-state index contributed by atoms with van der Waals surface area (Å²) in [4.78, 5) is 0. The number of nitrogens with one attached hydrogen (secondary N) is 2. The fourth-order valence-electron chi connectivity index (χ4n) is 2.03. The molecule has 2 heteroatoms. The predicted octanol–water partition coefficient (Wildman–Crippen LogP) is 2.95. The van der Waals surface area contributed by atoms with Crippen LogP contribution in [-0.4, -0.2) is 19.1 Å². The lowest BCUT2D eigenvalue weighted by atomic mass is 9.99. The first-order valence-corrected chi connectivity index (χ1v) is 6.62. The molecule has 0 spiro atoms. The summed E-state index contributed by atoms with van der Waals surface area (Å²) >= 11 is 0. The molecule has 0 fully saturated rings. The minimum Gasteiger partial charge on any atom is -0.391 e. The number of hydrogen-bond acceptors (Lipinski definition) is 2. The van der Waals surface area contributed by atoms with Gasteiger partial charge < -0.3 is 10.6 Å². The Morgan fingerprint density at radius 1 is 1.22 bits per heavy atom. The highest BCUT2D eigenvalue weighted by atomic mass is 15.0. The number of benzene rings is 1. The van der Waals surface area contributed by atoms with Gasteiger partial charge in [-0.15, -0.1) is 0 Å². The van der Waals surface area contributed by atoms with Crippen LogP contribution >= 0.6 is 0 Å². The molecule has 2 nitrogen and oxygen atoms in total. The minimum atomic E-state index is 0.275. The Labute approximate surface area is 111 Å². The summed E-state index contributed by atoms with van der Waals surface area (Å²) < 4.78 is 0. The Balaban J connectivity index is 2.81. The largest absolute Gasteiger partial charge is 0.391 e. The van der Waals surface area contributed by atoms with Crippen molar-refractivity contribution in [1.29, 1.82) is 0 Å². The third kappa shape index (κ3) is 4.19. The van der Waals surface area contributed by atoms with E-state index in [-0.39, 0.29) is 6.04 Å². The molecule has 0 aliphatic rings. The van der Waals surface area contributed by atoms with E-state index >= 15 is 0 Å². The summed E-state index contributed by atoms with van der Waals surface area (Å²) in [5.74, 6) is 0. The van der Waals surface area contributed by atoms with E-state index in [9.17, 15) is 0 Å². The summed E-state index contributed by atoms with van der Waals surface area (Å²) in [7, 11) is 1.93. The minimum absolute atomic E-state index is 0.275. The average molecular weight is 246 g/mol. The monoisotopic (exact) mass is 246 g/mol. The van der Waals surface area contributed by atoms with Crippen LogP contribution in [0.2, 0.25) is 0 Å². The lowest BCUT2D eigenvalue weighted by Gasteiger charge is -2.23. The summed E-state index contributed by atoms with van der Waals surface area (Å²) in [5, 5.41) is 6.71. The standard InChI is InChI=1S/C16H26N2/c1-11(2)18-16(14(5)17-6)10-15-8-7-12(3)13(4)9-15/h7-9,11,16-18H,5,10H2,1-4,6H3. The van der Waals surface area contributed by atoms with Gasteiger partial charge >= 0.3 is 0 Å². The number of aryl methyl sites for hydroxylation is 2. The van der Waals surface area contributed by atoms with Crippen molar-refractivity contribution in [2.24, 2.45) is 0 Å². The maximum absolute atomic E-state index is 4.09. The Bertz CT molecular complexity index is 408. The van der Waals surface area contributed by atoms with Gasteiger partial charge in [0.05, 0.1) is 6.04 Å². The molecule has 0 saturated heterocycles. The van der Waals surface area contributed by atoms with Crippen LogP contribution in [0.4, 0.5) is 0 Å². The Morgan fingerprint density at radius 2 is 1.89 bits per heavy atom. The Kier molecular flexibility index (Phi) is 5.42. The molecule has 1 rings (SSSR count). The molecule has 0 aromatic heterocycles. The third-order valence-corrected chi connectivity index (χ3v) is 3.29. The summed E-state index contributed by atoms with van der Waals surface area (Å²) in [5.41, 5.74) is 5.10. The van der Waals surface area contributed by atoms with Gasteiger partial charge in [-0.25, -0.2) is 0 Å². The molecular weight excluding hydrogens is 220 g/mol. The fourth-order valence-corrected chi connectivity index (χ4v) is 2.03. The van der Waals surface area contributed by atoms with E-state index in [0.29, 0.717) is 6.04 Å². The van der Waals surface area contributed by atoms with Crippen LogP contribution in [0.15, 0.2) is 30.5 Å². The van der Waals surface area contributed by atoms with E-state index in [1.165, 1.54) is 16.7 Å². The van der Waals surface area contributed by atoms with Crippen molar-refractivity contribution in [3.63, 3.8) is 0 Å². The van der Waals surface area contributed by atoms with E-state index < -0.39 is 0 Å². The van der Waals surface area contributed by atoms with Crippen LogP contribution in [0.1, 0.15) is 30.5 Å². The molecule has 0 bridgehead atoms. The van der Waals surface area contributed by atoms with Gasteiger partial charge in [0, 0.05) is 18.8 Å². The third-order valence-electron chi connectivity index (χ3n) is 3.29. The van der Waals surface area contributed by atoms with Crippen molar-refractivity contribution in [2.75, 3.05) is 7.05 Å². The average Bonchev–Trinajstić information content (AvgIpc) is 2.31. The van der Waals surface area contributed by atoms with Gasteiger partial charge in [-0.3, -0.25) is 0 Å². The summed E-state index contributed by atoms with van der Waals surface area (Å²) in [6.45, 7) is 12.7. The number of rotatable bonds is 6. The lowest BCUT2D eigenvalue weighted by Crippen LogP contribution is -2.40. The predicted molar refractivity (Wildman–Crippen MR) is 79.9 cm³/mol. The summed E-state index contributed by atoms with van der Waals surface area (Å²) in [6, 6.07) is 7.40. The molecule has 0 amide bonds. The van der Waals surface area contributed by atoms with E-state index in [1.54, 1.807) is 0 Å². The van der Waals surface area contributed by atoms with Crippen LogP contribution in [0.3, 0.4) is 0 Å². The second-order valence-corrected chi connectivity index (χ2v) is 5.27. The van der Waals surface area contributed by atoms with Gasteiger partial charge in [0.2, 0.25) is 0 Å². The van der Waals surface area contributed by atoms with Crippen LogP contribution < -0.4 is 10.6 Å². The van der Waals surface area contributed by atoms with Gasteiger partial charge in [-0.1, -0.05) is 38.6 Å². The van der Waals surface area contributed by atoms with Crippen molar-refractivity contribution >= 4 is 0 Å². The molecule has 0 radical (unpaired) electrons. The maximum Gasteiger partial charge on any atom is 0.0506 e. The molecule has 0 aliphatic carbocycles. The zero-order valence-corrected chi connectivity index (χ0v) is 12.3. The second kappa shape index (κ2) is 6.60. The molecule has 100 valence electrons. The normalized spacial score (nSPS) is 12.6. The topological polar surface area (TPSA) is 24.1 Å². The highest BCUT2D eigenvalue weighted by Gasteiger charge is 2.13. The van der Waals surface area contributed by atoms with Crippen LogP contribution in [0.5, 0.6) is 0 Å². The second-order valence-electron chi connectivity index (χ2n) is 5.27. The van der Waals surface area contributed by atoms with Gasteiger partial charge in [0.1, 0.15) is 0 Å². The van der Waals surface area contributed by atoms with Gasteiger partial charge in [-0.05, 0) is 37.0 Å². The molecule has 2 N–H and O–H groups in total. The molecule has 1 aromatic rings. The van der Waals surface area contributed by atoms with Crippen molar-refractivity contribution in [3.05, 3.63) is 47.2 Å². The van der Waals surface area contributed by atoms with E-state index in [2.05, 4.69) is 63.1 Å². The van der Waals surface area contributed by atoms with Crippen molar-refractivity contribution in [1.82, 2.24) is 10.6 Å². The van der Waals surface area contributed by atoms with Crippen LogP contribution in [0.25, 0.3) is 0 Å².